The zero-order chi connectivity index (χ0) is 5.98. The van der Waals surface area contributed by atoms with Crippen LogP contribution in [0.25, 0.3) is 0 Å². The molecule has 0 aliphatic rings. The first-order chi connectivity index (χ1) is 3.79. The predicted molar refractivity (Wildman–Crippen MR) is 30.9 cm³/mol. The lowest BCUT2D eigenvalue weighted by Crippen LogP contribution is -1.79. The maximum Gasteiger partial charge on any atom is 0.230 e. The van der Waals surface area contributed by atoms with Gasteiger partial charge in [-0.15, -0.1) is 22.8 Å². The van der Waals surface area contributed by atoms with Crippen molar-refractivity contribution < 1.29 is 5.11 Å². The largest absolute Gasteiger partial charge is 0.492 e. The second kappa shape index (κ2) is 2.00. The molecule has 8 heavy (non-hydrogen) atoms. The van der Waals surface area contributed by atoms with Crippen LogP contribution in [0.3, 0.4) is 0 Å². The van der Waals surface area contributed by atoms with Crippen LogP contribution in [-0.4, -0.2) is 15.3 Å². The van der Waals surface area contributed by atoms with Gasteiger partial charge in [-0.3, -0.25) is 0 Å². The Hall–Kier alpha value is -0.770. The predicted octanol–water partition coefficient (Wildman–Crippen LogP) is 0.471. The van der Waals surface area contributed by atoms with Gasteiger partial charge >= 0.3 is 0 Å². The number of hydrogen-bond donors (Lipinski definition) is 2. The molecule has 3 nitrogen and oxygen atoms in total. The van der Waals surface area contributed by atoms with E-state index in [1.54, 1.807) is 6.07 Å². The number of nitrogens with zero attached hydrogens (tertiary/aromatic N) is 2. The lowest BCUT2D eigenvalue weighted by molar-refractivity contribution is 0.442. The highest BCUT2D eigenvalue weighted by atomic mass is 32.1. The average molecular weight is 128 g/mol. The van der Waals surface area contributed by atoms with Gasteiger partial charge in [-0.05, 0) is 6.07 Å². The van der Waals surface area contributed by atoms with Gasteiger partial charge in [0.05, 0.1) is 0 Å². The van der Waals surface area contributed by atoms with Crippen LogP contribution in [0.15, 0.2) is 17.2 Å². The first-order valence-electron chi connectivity index (χ1n) is 2.01. The van der Waals surface area contributed by atoms with Crippen molar-refractivity contribution >= 4 is 12.6 Å². The van der Waals surface area contributed by atoms with E-state index >= 15 is 0 Å². The quantitative estimate of drug-likeness (QED) is 0.499. The highest BCUT2D eigenvalue weighted by molar-refractivity contribution is 7.80. The number of hydrogen-bond acceptors (Lipinski definition) is 4. The smallest absolute Gasteiger partial charge is 0.230 e. The average Bonchev–Trinajstić information content (AvgIpc) is 1.77. The summed E-state index contributed by atoms with van der Waals surface area (Å²) in [6.07, 6.45) is 0. The molecule has 0 spiro atoms. The fourth-order valence-electron chi connectivity index (χ4n) is 0.318. The van der Waals surface area contributed by atoms with Gasteiger partial charge in [0, 0.05) is 6.07 Å². The van der Waals surface area contributed by atoms with Crippen LogP contribution >= 0.6 is 12.6 Å². The molecule has 0 fully saturated rings. The molecule has 0 saturated heterocycles. The Morgan fingerprint density at radius 2 is 2.12 bits per heavy atom. The van der Waals surface area contributed by atoms with E-state index in [4.69, 9.17) is 5.11 Å². The third-order valence-corrected chi connectivity index (χ3v) is 0.875. The topological polar surface area (TPSA) is 46.0 Å². The molecule has 0 atom stereocenters. The van der Waals surface area contributed by atoms with Gasteiger partial charge in [0.1, 0.15) is 5.03 Å². The van der Waals surface area contributed by atoms with Crippen molar-refractivity contribution in [2.45, 2.75) is 5.03 Å². The second-order valence-electron chi connectivity index (χ2n) is 1.25. The minimum atomic E-state index is -0.0807. The molecular weight excluding hydrogens is 124 g/mol. The molecule has 0 amide bonds. The standard InChI is InChI=1S/C4H4N2OS/c7-3-1-2-4(8)6-5-3/h1-2H,(H,5,7)(H,6,8). The van der Waals surface area contributed by atoms with E-state index in [0.717, 1.165) is 0 Å². The van der Waals surface area contributed by atoms with E-state index in [1.807, 2.05) is 0 Å². The monoisotopic (exact) mass is 128 g/mol. The Kier molecular flexibility index (Phi) is 1.34. The minimum Gasteiger partial charge on any atom is -0.492 e. The molecule has 0 aromatic carbocycles. The van der Waals surface area contributed by atoms with Crippen LogP contribution in [0.1, 0.15) is 0 Å². The normalized spacial score (nSPS) is 9.12. The first-order valence-corrected chi connectivity index (χ1v) is 2.45. The number of thiol groups is 1. The SMILES string of the molecule is Oc1ccc(S)nn1. The summed E-state index contributed by atoms with van der Waals surface area (Å²) in [4.78, 5) is 0. The molecule has 0 radical (unpaired) electrons. The zero-order valence-corrected chi connectivity index (χ0v) is 4.84. The van der Waals surface area contributed by atoms with Crippen LogP contribution in [0.4, 0.5) is 0 Å². The highest BCUT2D eigenvalue weighted by Gasteiger charge is 1.86. The van der Waals surface area contributed by atoms with Gasteiger partial charge in [0.2, 0.25) is 5.88 Å². The Balaban J connectivity index is 3.03. The van der Waals surface area contributed by atoms with E-state index in [9.17, 15) is 0 Å². The zero-order valence-electron chi connectivity index (χ0n) is 3.94. The molecule has 0 bridgehead atoms. The molecule has 1 N–H and O–H groups in total. The van der Waals surface area contributed by atoms with E-state index in [0.29, 0.717) is 5.03 Å². The minimum absolute atomic E-state index is 0.0807. The Labute approximate surface area is 51.8 Å². The summed E-state index contributed by atoms with van der Waals surface area (Å²) in [6, 6.07) is 2.99. The molecule has 0 aliphatic carbocycles. The van der Waals surface area contributed by atoms with Crippen LogP contribution in [0.5, 0.6) is 5.88 Å². The molecule has 1 aromatic heterocycles. The second-order valence-corrected chi connectivity index (χ2v) is 1.71. The summed E-state index contributed by atoms with van der Waals surface area (Å²) in [5, 5.41) is 15.8. The van der Waals surface area contributed by atoms with Crippen molar-refractivity contribution in [3.05, 3.63) is 12.1 Å². The summed E-state index contributed by atoms with van der Waals surface area (Å²) in [7, 11) is 0. The van der Waals surface area contributed by atoms with Crippen LogP contribution in [-0.2, 0) is 0 Å². The third-order valence-electron chi connectivity index (χ3n) is 0.636. The van der Waals surface area contributed by atoms with Gasteiger partial charge in [-0.25, -0.2) is 0 Å². The third kappa shape index (κ3) is 1.10. The summed E-state index contributed by atoms with van der Waals surface area (Å²) in [6.45, 7) is 0. The van der Waals surface area contributed by atoms with Gasteiger partial charge in [-0.1, -0.05) is 0 Å². The van der Waals surface area contributed by atoms with E-state index in [2.05, 4.69) is 22.8 Å². The summed E-state index contributed by atoms with van der Waals surface area (Å²) < 4.78 is 0. The first kappa shape index (κ1) is 5.37. The fraction of sp³-hybridized carbons (Fsp3) is 0. The van der Waals surface area contributed by atoms with E-state index in [-0.39, 0.29) is 5.88 Å². The molecule has 1 aromatic rings. The fourth-order valence-corrected chi connectivity index (χ4v) is 0.437. The van der Waals surface area contributed by atoms with Gasteiger partial charge in [-0.2, -0.15) is 0 Å². The Morgan fingerprint density at radius 1 is 1.38 bits per heavy atom. The molecule has 0 saturated carbocycles. The molecule has 1 rings (SSSR count). The maximum absolute atomic E-state index is 8.55. The summed E-state index contributed by atoms with van der Waals surface area (Å²) in [5.41, 5.74) is 0. The molecular formula is C4H4N2OS. The Morgan fingerprint density at radius 3 is 2.50 bits per heavy atom. The van der Waals surface area contributed by atoms with Crippen molar-refractivity contribution in [1.29, 1.82) is 0 Å². The van der Waals surface area contributed by atoms with Crippen molar-refractivity contribution in [2.24, 2.45) is 0 Å². The number of aromatic nitrogens is 2. The molecule has 42 valence electrons. The number of aromatic hydroxyl groups is 1. The van der Waals surface area contributed by atoms with Crippen LogP contribution < -0.4 is 0 Å². The van der Waals surface area contributed by atoms with Crippen molar-refractivity contribution in [3.63, 3.8) is 0 Å². The van der Waals surface area contributed by atoms with Crippen molar-refractivity contribution in [2.75, 3.05) is 0 Å². The van der Waals surface area contributed by atoms with Gasteiger partial charge in [0.25, 0.3) is 0 Å². The molecule has 1 heterocycles. The van der Waals surface area contributed by atoms with E-state index in [1.165, 1.54) is 6.07 Å². The van der Waals surface area contributed by atoms with Gasteiger partial charge < -0.3 is 5.11 Å². The molecule has 0 aliphatic heterocycles. The van der Waals surface area contributed by atoms with Gasteiger partial charge in [0.15, 0.2) is 0 Å². The Bertz CT molecular complexity index is 153. The van der Waals surface area contributed by atoms with Crippen LogP contribution in [0.2, 0.25) is 0 Å². The number of rotatable bonds is 0. The van der Waals surface area contributed by atoms with Crippen molar-refractivity contribution in [3.8, 4) is 5.88 Å². The summed E-state index contributed by atoms with van der Waals surface area (Å²) >= 11 is 3.85. The van der Waals surface area contributed by atoms with Crippen molar-refractivity contribution in [1.82, 2.24) is 10.2 Å². The molecule has 0 unspecified atom stereocenters. The lowest BCUT2D eigenvalue weighted by Gasteiger charge is -1.86. The summed E-state index contributed by atoms with van der Waals surface area (Å²) in [5.74, 6) is -0.0807. The lowest BCUT2D eigenvalue weighted by atomic mass is 10.6. The highest BCUT2D eigenvalue weighted by Crippen LogP contribution is 2.03. The van der Waals surface area contributed by atoms with E-state index < -0.39 is 0 Å². The van der Waals surface area contributed by atoms with Crippen LogP contribution in [0, 0.1) is 0 Å². The molecule has 4 heteroatoms. The maximum atomic E-state index is 8.55.